The van der Waals surface area contributed by atoms with Gasteiger partial charge in [-0.1, -0.05) is 30.3 Å². The van der Waals surface area contributed by atoms with Crippen LogP contribution in [0.2, 0.25) is 0 Å². The summed E-state index contributed by atoms with van der Waals surface area (Å²) in [6, 6.07) is 9.99. The minimum Gasteiger partial charge on any atom is -0.383 e. The molecule has 1 aromatic carbocycles. The molecule has 0 heterocycles. The minimum atomic E-state index is -0.0706. The fourth-order valence-electron chi connectivity index (χ4n) is 1.25. The number of hydrogen-bond acceptors (Lipinski definition) is 3. The monoisotopic (exact) mass is 209 g/mol. The Kier molecular flexibility index (Phi) is 5.32. The first-order valence-corrected chi connectivity index (χ1v) is 5.14. The first-order valence-electron chi connectivity index (χ1n) is 5.14. The highest BCUT2D eigenvalue weighted by atomic mass is 16.5. The summed E-state index contributed by atoms with van der Waals surface area (Å²) in [5.41, 5.74) is 7.00. The van der Waals surface area contributed by atoms with Crippen LogP contribution in [0.1, 0.15) is 12.5 Å². The Morgan fingerprint density at radius 3 is 2.53 bits per heavy atom. The van der Waals surface area contributed by atoms with Crippen LogP contribution in [0.25, 0.3) is 0 Å². The van der Waals surface area contributed by atoms with E-state index in [4.69, 9.17) is 15.2 Å². The first kappa shape index (κ1) is 12.2. The molecule has 0 aliphatic heterocycles. The van der Waals surface area contributed by atoms with E-state index >= 15 is 0 Å². The van der Waals surface area contributed by atoms with Crippen LogP contribution >= 0.6 is 0 Å². The lowest BCUT2D eigenvalue weighted by molar-refractivity contribution is 0.0155. The lowest BCUT2D eigenvalue weighted by atomic mass is 10.2. The van der Waals surface area contributed by atoms with Gasteiger partial charge in [0.1, 0.15) is 0 Å². The number of rotatable bonds is 6. The molecule has 0 saturated carbocycles. The van der Waals surface area contributed by atoms with Crippen molar-refractivity contribution >= 4 is 0 Å². The van der Waals surface area contributed by atoms with Crippen molar-refractivity contribution in [2.45, 2.75) is 25.7 Å². The predicted octanol–water partition coefficient (Wildman–Crippen LogP) is 1.57. The van der Waals surface area contributed by atoms with E-state index in [2.05, 4.69) is 0 Å². The molecule has 0 spiro atoms. The van der Waals surface area contributed by atoms with Gasteiger partial charge in [-0.2, -0.15) is 0 Å². The van der Waals surface area contributed by atoms with Gasteiger partial charge in [0.05, 0.1) is 25.4 Å². The third kappa shape index (κ3) is 4.42. The maximum absolute atomic E-state index is 5.84. The van der Waals surface area contributed by atoms with Crippen molar-refractivity contribution in [3.05, 3.63) is 35.9 Å². The van der Waals surface area contributed by atoms with Crippen molar-refractivity contribution in [1.82, 2.24) is 0 Å². The Morgan fingerprint density at radius 2 is 1.93 bits per heavy atom. The molecular formula is C12H19NO2. The van der Waals surface area contributed by atoms with Gasteiger partial charge in [0, 0.05) is 7.11 Å². The zero-order chi connectivity index (χ0) is 11.1. The standard InChI is InChI=1S/C12H19NO2/c1-10(12(13)9-14-2)15-8-11-6-4-3-5-7-11/h3-7,10,12H,8-9,13H2,1-2H3/t10-,12+/m0/s1. The molecule has 0 unspecified atom stereocenters. The molecular weight excluding hydrogens is 190 g/mol. The lowest BCUT2D eigenvalue weighted by Crippen LogP contribution is -2.38. The van der Waals surface area contributed by atoms with Crippen LogP contribution in [-0.2, 0) is 16.1 Å². The summed E-state index contributed by atoms with van der Waals surface area (Å²) in [6.07, 6.45) is 0.00477. The molecule has 1 aromatic rings. The summed E-state index contributed by atoms with van der Waals surface area (Å²) < 4.78 is 10.6. The van der Waals surface area contributed by atoms with Crippen molar-refractivity contribution < 1.29 is 9.47 Å². The number of nitrogens with two attached hydrogens (primary N) is 1. The number of ether oxygens (including phenoxy) is 2. The molecule has 3 heteroatoms. The van der Waals surface area contributed by atoms with Crippen LogP contribution in [0.4, 0.5) is 0 Å². The van der Waals surface area contributed by atoms with Crippen LogP contribution in [0.5, 0.6) is 0 Å². The second kappa shape index (κ2) is 6.56. The minimum absolute atomic E-state index is 0.00477. The average Bonchev–Trinajstić information content (AvgIpc) is 2.27. The van der Waals surface area contributed by atoms with Gasteiger partial charge in [-0.3, -0.25) is 0 Å². The van der Waals surface area contributed by atoms with Crippen molar-refractivity contribution in [3.63, 3.8) is 0 Å². The zero-order valence-electron chi connectivity index (χ0n) is 9.35. The first-order chi connectivity index (χ1) is 7.24. The molecule has 84 valence electrons. The van der Waals surface area contributed by atoms with Gasteiger partial charge in [-0.15, -0.1) is 0 Å². The highest BCUT2D eigenvalue weighted by Gasteiger charge is 2.12. The van der Waals surface area contributed by atoms with Gasteiger partial charge in [0.15, 0.2) is 0 Å². The molecule has 0 aliphatic carbocycles. The van der Waals surface area contributed by atoms with Crippen LogP contribution in [0.15, 0.2) is 30.3 Å². The maximum Gasteiger partial charge on any atom is 0.0724 e. The maximum atomic E-state index is 5.84. The molecule has 15 heavy (non-hydrogen) atoms. The fourth-order valence-corrected chi connectivity index (χ4v) is 1.25. The fraction of sp³-hybridized carbons (Fsp3) is 0.500. The zero-order valence-corrected chi connectivity index (χ0v) is 9.35. The predicted molar refractivity (Wildman–Crippen MR) is 60.5 cm³/mol. The van der Waals surface area contributed by atoms with Gasteiger partial charge in [0.25, 0.3) is 0 Å². The van der Waals surface area contributed by atoms with E-state index in [0.29, 0.717) is 13.2 Å². The average molecular weight is 209 g/mol. The van der Waals surface area contributed by atoms with Gasteiger partial charge < -0.3 is 15.2 Å². The molecule has 0 aliphatic rings. The van der Waals surface area contributed by atoms with Gasteiger partial charge >= 0.3 is 0 Å². The molecule has 0 bridgehead atoms. The normalized spacial score (nSPS) is 14.9. The van der Waals surface area contributed by atoms with Crippen molar-refractivity contribution in [3.8, 4) is 0 Å². The summed E-state index contributed by atoms with van der Waals surface area (Å²) in [5.74, 6) is 0. The van der Waals surface area contributed by atoms with E-state index in [1.807, 2.05) is 37.3 Å². The summed E-state index contributed by atoms with van der Waals surface area (Å²) in [6.45, 7) is 3.09. The van der Waals surface area contributed by atoms with E-state index in [-0.39, 0.29) is 12.1 Å². The number of methoxy groups -OCH3 is 1. The lowest BCUT2D eigenvalue weighted by Gasteiger charge is -2.19. The van der Waals surface area contributed by atoms with E-state index in [1.165, 1.54) is 0 Å². The summed E-state index contributed by atoms with van der Waals surface area (Å²) in [4.78, 5) is 0. The van der Waals surface area contributed by atoms with E-state index in [9.17, 15) is 0 Å². The van der Waals surface area contributed by atoms with E-state index in [1.54, 1.807) is 7.11 Å². The van der Waals surface area contributed by atoms with Crippen LogP contribution < -0.4 is 5.73 Å². The van der Waals surface area contributed by atoms with Gasteiger partial charge in [-0.25, -0.2) is 0 Å². The molecule has 1 rings (SSSR count). The van der Waals surface area contributed by atoms with Crippen molar-refractivity contribution in [1.29, 1.82) is 0 Å². The Labute approximate surface area is 91.2 Å². The van der Waals surface area contributed by atoms with E-state index in [0.717, 1.165) is 5.56 Å². The van der Waals surface area contributed by atoms with Crippen LogP contribution in [0.3, 0.4) is 0 Å². The Balaban J connectivity index is 2.31. The van der Waals surface area contributed by atoms with Crippen LogP contribution in [0, 0.1) is 0 Å². The smallest absolute Gasteiger partial charge is 0.0724 e. The molecule has 0 amide bonds. The third-order valence-corrected chi connectivity index (χ3v) is 2.32. The van der Waals surface area contributed by atoms with Crippen molar-refractivity contribution in [2.24, 2.45) is 5.73 Å². The van der Waals surface area contributed by atoms with Crippen molar-refractivity contribution in [2.75, 3.05) is 13.7 Å². The summed E-state index contributed by atoms with van der Waals surface area (Å²) in [7, 11) is 1.64. The van der Waals surface area contributed by atoms with E-state index < -0.39 is 0 Å². The SMILES string of the molecule is COC[C@@H](N)[C@H](C)OCc1ccccc1. The third-order valence-electron chi connectivity index (χ3n) is 2.32. The molecule has 2 atom stereocenters. The van der Waals surface area contributed by atoms with Gasteiger partial charge in [0.2, 0.25) is 0 Å². The largest absolute Gasteiger partial charge is 0.383 e. The Bertz CT molecular complexity index is 264. The topological polar surface area (TPSA) is 44.5 Å². The number of hydrogen-bond donors (Lipinski definition) is 1. The summed E-state index contributed by atoms with van der Waals surface area (Å²) >= 11 is 0. The second-order valence-corrected chi connectivity index (χ2v) is 3.62. The molecule has 0 aromatic heterocycles. The Morgan fingerprint density at radius 1 is 1.27 bits per heavy atom. The molecule has 0 saturated heterocycles. The molecule has 0 radical (unpaired) electrons. The Hall–Kier alpha value is -0.900. The highest BCUT2D eigenvalue weighted by molar-refractivity contribution is 5.13. The summed E-state index contributed by atoms with van der Waals surface area (Å²) in [5, 5.41) is 0. The van der Waals surface area contributed by atoms with Gasteiger partial charge in [-0.05, 0) is 12.5 Å². The van der Waals surface area contributed by atoms with Crippen LogP contribution in [-0.4, -0.2) is 25.9 Å². The quantitative estimate of drug-likeness (QED) is 0.773. The number of benzene rings is 1. The highest BCUT2D eigenvalue weighted by Crippen LogP contribution is 2.05. The molecule has 0 fully saturated rings. The molecule has 3 nitrogen and oxygen atoms in total. The second-order valence-electron chi connectivity index (χ2n) is 3.62. The molecule has 2 N–H and O–H groups in total.